The quantitative estimate of drug-likeness (QED) is 0.386. The Kier molecular flexibility index (Phi) is 7.16. The first-order chi connectivity index (χ1) is 16.5. The summed E-state index contributed by atoms with van der Waals surface area (Å²) in [5.74, 6) is 0.629. The van der Waals surface area contributed by atoms with E-state index in [0.717, 1.165) is 5.75 Å². The molecule has 0 radical (unpaired) electrons. The molecule has 10 heteroatoms. The van der Waals surface area contributed by atoms with Crippen LogP contribution in [0, 0.1) is 5.82 Å². The molecular weight excluding hydrogens is 441 g/mol. The number of fused-ring (bicyclic) bond motifs is 1. The first-order valence-electron chi connectivity index (χ1n) is 10.8. The summed E-state index contributed by atoms with van der Waals surface area (Å²) in [7, 11) is 0. The van der Waals surface area contributed by atoms with Crippen molar-refractivity contribution in [2.45, 2.75) is 20.0 Å². The number of halogens is 1. The van der Waals surface area contributed by atoms with Crippen LogP contribution in [0.2, 0.25) is 0 Å². The lowest BCUT2D eigenvalue weighted by molar-refractivity contribution is -0.123. The van der Waals surface area contributed by atoms with Gasteiger partial charge in [-0.2, -0.15) is 5.10 Å². The highest BCUT2D eigenvalue weighted by Crippen LogP contribution is 2.17. The predicted molar refractivity (Wildman–Crippen MR) is 123 cm³/mol. The molecule has 4 rings (SSSR count). The van der Waals surface area contributed by atoms with Crippen LogP contribution in [0.1, 0.15) is 12.5 Å². The Balaban J connectivity index is 1.31. The lowest BCUT2D eigenvalue weighted by Crippen LogP contribution is -2.31. The molecule has 0 bridgehead atoms. The topological polar surface area (TPSA) is 100 Å². The molecule has 0 atom stereocenters. The normalized spacial score (nSPS) is 10.9. The highest BCUT2D eigenvalue weighted by Gasteiger charge is 2.12. The molecule has 9 nitrogen and oxygen atoms in total. The van der Waals surface area contributed by atoms with E-state index in [1.54, 1.807) is 42.5 Å². The average Bonchev–Trinajstić information content (AvgIpc) is 3.26. The van der Waals surface area contributed by atoms with E-state index in [1.165, 1.54) is 27.8 Å². The zero-order valence-electron chi connectivity index (χ0n) is 18.6. The Bertz CT molecular complexity index is 1330. The molecule has 0 unspecified atom stereocenters. The molecule has 1 N–H and O–H groups in total. The van der Waals surface area contributed by atoms with E-state index in [1.807, 2.05) is 6.92 Å². The number of nitrogens with zero attached hydrogens (tertiary/aromatic N) is 4. The number of hydrogen-bond acceptors (Lipinski definition) is 6. The number of amides is 1. The molecule has 0 saturated heterocycles. The smallest absolute Gasteiger partial charge is 0.264 e. The van der Waals surface area contributed by atoms with Crippen molar-refractivity contribution in [1.82, 2.24) is 24.6 Å². The van der Waals surface area contributed by atoms with Crippen molar-refractivity contribution in [3.8, 4) is 11.5 Å². The standard InChI is InChI=1S/C24H24FN5O4/c1-2-33-18-7-9-19(10-8-18)34-15-22(31)26-11-12-30-23-20(13-28-30)24(32)29(16-27-23)14-17-5-3-4-6-21(17)25/h3-10,13,16H,2,11-12,14-15H2,1H3,(H,26,31). The van der Waals surface area contributed by atoms with Gasteiger partial charge in [-0.15, -0.1) is 0 Å². The van der Waals surface area contributed by atoms with Crippen molar-refractivity contribution in [2.24, 2.45) is 0 Å². The second kappa shape index (κ2) is 10.6. The van der Waals surface area contributed by atoms with Crippen molar-refractivity contribution < 1.29 is 18.7 Å². The molecule has 0 spiro atoms. The Labute approximate surface area is 194 Å². The highest BCUT2D eigenvalue weighted by atomic mass is 19.1. The predicted octanol–water partition coefficient (Wildman–Crippen LogP) is 2.37. The molecule has 0 fully saturated rings. The number of benzene rings is 2. The van der Waals surface area contributed by atoms with E-state index in [4.69, 9.17) is 9.47 Å². The fraction of sp³-hybridized carbons (Fsp3) is 0.250. The summed E-state index contributed by atoms with van der Waals surface area (Å²) < 4.78 is 27.6. The second-order valence-corrected chi connectivity index (χ2v) is 7.42. The van der Waals surface area contributed by atoms with Gasteiger partial charge in [-0.3, -0.25) is 14.2 Å². The molecule has 0 aliphatic carbocycles. The number of hydrogen-bond donors (Lipinski definition) is 1. The fourth-order valence-corrected chi connectivity index (χ4v) is 3.38. The first kappa shape index (κ1) is 23.0. The van der Waals surface area contributed by atoms with Crippen molar-refractivity contribution in [2.75, 3.05) is 19.8 Å². The SMILES string of the molecule is CCOc1ccc(OCC(=O)NCCn2ncc3c(=O)n(Cc4ccccc4F)cnc32)cc1. The molecule has 0 saturated carbocycles. The summed E-state index contributed by atoms with van der Waals surface area (Å²) >= 11 is 0. The summed E-state index contributed by atoms with van der Waals surface area (Å²) in [6, 6.07) is 13.3. The first-order valence-corrected chi connectivity index (χ1v) is 10.8. The second-order valence-electron chi connectivity index (χ2n) is 7.42. The van der Waals surface area contributed by atoms with Gasteiger partial charge in [-0.1, -0.05) is 18.2 Å². The zero-order valence-corrected chi connectivity index (χ0v) is 18.6. The minimum absolute atomic E-state index is 0.0735. The molecule has 2 heterocycles. The number of carbonyl (C=O) groups excluding carboxylic acids is 1. The van der Waals surface area contributed by atoms with Gasteiger partial charge in [0.05, 0.1) is 25.9 Å². The van der Waals surface area contributed by atoms with Gasteiger partial charge in [0.1, 0.15) is 29.0 Å². The van der Waals surface area contributed by atoms with Crippen LogP contribution in [0.4, 0.5) is 4.39 Å². The van der Waals surface area contributed by atoms with Crippen LogP contribution in [-0.4, -0.2) is 45.0 Å². The van der Waals surface area contributed by atoms with E-state index in [2.05, 4.69) is 15.4 Å². The van der Waals surface area contributed by atoms with Gasteiger partial charge >= 0.3 is 0 Å². The lowest BCUT2D eigenvalue weighted by atomic mass is 10.2. The fourth-order valence-electron chi connectivity index (χ4n) is 3.38. The van der Waals surface area contributed by atoms with Crippen molar-refractivity contribution in [3.05, 3.63) is 82.8 Å². The minimum Gasteiger partial charge on any atom is -0.494 e. The Morgan fingerprint density at radius 2 is 1.82 bits per heavy atom. The van der Waals surface area contributed by atoms with Crippen LogP contribution >= 0.6 is 0 Å². The van der Waals surface area contributed by atoms with Gasteiger partial charge in [-0.25, -0.2) is 14.1 Å². The Morgan fingerprint density at radius 1 is 1.09 bits per heavy atom. The van der Waals surface area contributed by atoms with E-state index in [-0.39, 0.29) is 37.0 Å². The Morgan fingerprint density at radius 3 is 2.56 bits per heavy atom. The van der Waals surface area contributed by atoms with Crippen LogP contribution in [-0.2, 0) is 17.9 Å². The number of nitrogens with one attached hydrogen (secondary N) is 1. The summed E-state index contributed by atoms with van der Waals surface area (Å²) in [5.41, 5.74) is 0.482. The van der Waals surface area contributed by atoms with Crippen molar-refractivity contribution in [1.29, 1.82) is 0 Å². The van der Waals surface area contributed by atoms with Gasteiger partial charge in [0.15, 0.2) is 12.3 Å². The molecule has 1 amide bonds. The van der Waals surface area contributed by atoms with Gasteiger partial charge in [-0.05, 0) is 37.3 Å². The van der Waals surface area contributed by atoms with Gasteiger partial charge in [0, 0.05) is 12.1 Å². The van der Waals surface area contributed by atoms with E-state index in [9.17, 15) is 14.0 Å². The van der Waals surface area contributed by atoms with Crippen LogP contribution in [0.25, 0.3) is 11.0 Å². The average molecular weight is 465 g/mol. The third-order valence-corrected chi connectivity index (χ3v) is 5.07. The number of ether oxygens (including phenoxy) is 2. The maximum atomic E-state index is 13.9. The van der Waals surface area contributed by atoms with Crippen LogP contribution in [0.3, 0.4) is 0 Å². The molecule has 2 aromatic carbocycles. The third-order valence-electron chi connectivity index (χ3n) is 5.07. The van der Waals surface area contributed by atoms with E-state index in [0.29, 0.717) is 35.5 Å². The number of carbonyl (C=O) groups is 1. The Hall–Kier alpha value is -4.21. The van der Waals surface area contributed by atoms with E-state index >= 15 is 0 Å². The zero-order chi connectivity index (χ0) is 23.9. The molecule has 2 aromatic heterocycles. The molecule has 34 heavy (non-hydrogen) atoms. The van der Waals surface area contributed by atoms with Gasteiger partial charge < -0.3 is 14.8 Å². The summed E-state index contributed by atoms with van der Waals surface area (Å²) in [6.45, 7) is 3.02. The minimum atomic E-state index is -0.382. The molecule has 0 aliphatic rings. The van der Waals surface area contributed by atoms with Crippen LogP contribution < -0.4 is 20.3 Å². The summed E-state index contributed by atoms with van der Waals surface area (Å²) in [5, 5.41) is 7.28. The van der Waals surface area contributed by atoms with Crippen LogP contribution in [0.15, 0.2) is 65.8 Å². The maximum Gasteiger partial charge on any atom is 0.264 e. The number of rotatable bonds is 10. The number of aromatic nitrogens is 4. The lowest BCUT2D eigenvalue weighted by Gasteiger charge is -2.09. The molecule has 176 valence electrons. The summed E-state index contributed by atoms with van der Waals surface area (Å²) in [4.78, 5) is 29.2. The van der Waals surface area contributed by atoms with Gasteiger partial charge in [0.25, 0.3) is 11.5 Å². The molecule has 0 aliphatic heterocycles. The largest absolute Gasteiger partial charge is 0.494 e. The van der Waals surface area contributed by atoms with Crippen molar-refractivity contribution >= 4 is 16.9 Å². The monoisotopic (exact) mass is 465 g/mol. The molecule has 4 aromatic rings. The summed E-state index contributed by atoms with van der Waals surface area (Å²) in [6.07, 6.45) is 2.80. The molecular formula is C24H24FN5O4. The van der Waals surface area contributed by atoms with Crippen molar-refractivity contribution in [3.63, 3.8) is 0 Å². The maximum absolute atomic E-state index is 13.9. The van der Waals surface area contributed by atoms with Crippen LogP contribution in [0.5, 0.6) is 11.5 Å². The van der Waals surface area contributed by atoms with E-state index < -0.39 is 0 Å². The van der Waals surface area contributed by atoms with Gasteiger partial charge in [0.2, 0.25) is 0 Å². The highest BCUT2D eigenvalue weighted by molar-refractivity contribution is 5.77. The third kappa shape index (κ3) is 5.40.